The van der Waals surface area contributed by atoms with E-state index in [1.54, 1.807) is 0 Å². The number of rotatable bonds is 10. The van der Waals surface area contributed by atoms with Gasteiger partial charge >= 0.3 is 35.8 Å². The highest BCUT2D eigenvalue weighted by atomic mass is 19.4. The molecule has 0 saturated heterocycles. The van der Waals surface area contributed by atoms with Gasteiger partial charge in [0.2, 0.25) is 0 Å². The lowest BCUT2D eigenvalue weighted by atomic mass is 9.92. The monoisotopic (exact) mass is 510 g/mol. The van der Waals surface area contributed by atoms with Crippen LogP contribution < -0.4 is 0 Å². The van der Waals surface area contributed by atoms with E-state index in [9.17, 15) is 57.1 Å². The van der Waals surface area contributed by atoms with Crippen molar-refractivity contribution < 1.29 is 61.8 Å². The van der Waals surface area contributed by atoms with Crippen molar-refractivity contribution in [2.45, 2.75) is 55.6 Å². The Balaban J connectivity index is 0.00000106. The summed E-state index contributed by atoms with van der Waals surface area (Å²) >= 11 is 0. The Kier molecular flexibility index (Phi) is 10.3. The Hall–Kier alpha value is -1.99. The van der Waals surface area contributed by atoms with Gasteiger partial charge < -0.3 is 4.74 Å². The topological polar surface area (TPSA) is 9.23 Å². The number of hydrogen-bond acceptors (Lipinski definition) is 1. The number of benzene rings is 1. The van der Waals surface area contributed by atoms with Crippen LogP contribution in [0.2, 0.25) is 0 Å². The van der Waals surface area contributed by atoms with E-state index < -0.39 is 55.2 Å². The second-order valence-corrected chi connectivity index (χ2v) is 6.42. The largest absolute Gasteiger partial charge is 0.460 e. The molecule has 0 spiro atoms. The van der Waals surface area contributed by atoms with E-state index in [0.717, 1.165) is 0 Å². The van der Waals surface area contributed by atoms with E-state index in [-0.39, 0.29) is 6.61 Å². The van der Waals surface area contributed by atoms with Crippen molar-refractivity contribution >= 4 is 6.08 Å². The van der Waals surface area contributed by atoms with E-state index in [4.69, 9.17) is 0 Å². The Morgan fingerprint density at radius 1 is 0.727 bits per heavy atom. The minimum absolute atomic E-state index is 0.103. The molecular weight excluding hydrogens is 491 g/mol. The van der Waals surface area contributed by atoms with Crippen molar-refractivity contribution in [1.29, 1.82) is 0 Å². The maximum absolute atomic E-state index is 13.2. The highest BCUT2D eigenvalue weighted by molar-refractivity contribution is 5.45. The van der Waals surface area contributed by atoms with Gasteiger partial charge in [0.05, 0.1) is 0 Å². The van der Waals surface area contributed by atoms with Crippen molar-refractivity contribution in [3.05, 3.63) is 42.5 Å². The van der Waals surface area contributed by atoms with Crippen LogP contribution in [-0.4, -0.2) is 49.0 Å². The van der Waals surface area contributed by atoms with E-state index in [1.165, 1.54) is 12.5 Å². The first-order valence-corrected chi connectivity index (χ1v) is 8.95. The molecule has 0 aliphatic heterocycles. The molecule has 0 atom stereocenters. The normalized spacial score (nSPS) is 13.9. The smallest absolute Gasteiger partial charge is 0.382 e. The van der Waals surface area contributed by atoms with Gasteiger partial charge in [0.15, 0.2) is 0 Å². The molecule has 0 heterocycles. The van der Waals surface area contributed by atoms with Gasteiger partial charge in [-0.25, -0.2) is 0 Å². The van der Waals surface area contributed by atoms with Crippen LogP contribution in [0, 0.1) is 0 Å². The number of ether oxygens (including phenoxy) is 1. The zero-order valence-corrected chi connectivity index (χ0v) is 16.8. The Labute approximate surface area is 180 Å². The molecule has 0 amide bonds. The molecular formula is C19H19F13O. The molecule has 0 aliphatic rings. The highest BCUT2D eigenvalue weighted by Crippen LogP contribution is 2.60. The van der Waals surface area contributed by atoms with Crippen LogP contribution in [0.4, 0.5) is 57.1 Å². The summed E-state index contributed by atoms with van der Waals surface area (Å²) in [5.74, 6) is -36.5. The Morgan fingerprint density at radius 2 is 1.18 bits per heavy atom. The van der Waals surface area contributed by atoms with Crippen LogP contribution in [-0.2, 0) is 4.74 Å². The lowest BCUT2D eigenvalue weighted by molar-refractivity contribution is -0.440. The molecule has 1 rings (SSSR count). The lowest BCUT2D eigenvalue weighted by Gasteiger charge is -2.39. The van der Waals surface area contributed by atoms with E-state index in [0.29, 0.717) is 0 Å². The number of halogens is 13. The Bertz CT molecular complexity index is 727. The molecule has 0 unspecified atom stereocenters. The third-order valence-corrected chi connectivity index (χ3v) is 4.02. The van der Waals surface area contributed by atoms with E-state index in [2.05, 4.69) is 11.3 Å². The molecule has 0 aromatic heterocycles. The van der Waals surface area contributed by atoms with Crippen LogP contribution in [0.15, 0.2) is 36.9 Å². The predicted octanol–water partition coefficient (Wildman–Crippen LogP) is 7.87. The van der Waals surface area contributed by atoms with Gasteiger partial charge in [0.25, 0.3) is 0 Å². The summed E-state index contributed by atoms with van der Waals surface area (Å²) in [6.07, 6.45) is -8.85. The summed E-state index contributed by atoms with van der Waals surface area (Å²) < 4.78 is 170. The van der Waals surface area contributed by atoms with Crippen LogP contribution in [0.3, 0.4) is 0 Å². The van der Waals surface area contributed by atoms with Gasteiger partial charge in [0, 0.05) is 19.6 Å². The van der Waals surface area contributed by atoms with Gasteiger partial charge in [-0.1, -0.05) is 43.0 Å². The number of hydrogen-bond donors (Lipinski definition) is 0. The molecule has 192 valence electrons. The SMILES string of the molecule is C=Cc1ccccc1.CCOCCCC(F)(F)C(F)(F)C(F)(F)C(F)(F)C(F)(F)C(F)(F)F. The average molecular weight is 510 g/mol. The third kappa shape index (κ3) is 6.54. The summed E-state index contributed by atoms with van der Waals surface area (Å²) in [7, 11) is 0. The van der Waals surface area contributed by atoms with Crippen LogP contribution in [0.25, 0.3) is 6.08 Å². The third-order valence-electron chi connectivity index (χ3n) is 4.02. The molecule has 0 aliphatic carbocycles. The fourth-order valence-electron chi connectivity index (χ4n) is 2.09. The lowest BCUT2D eigenvalue weighted by Crippen LogP contribution is -2.70. The average Bonchev–Trinajstić information content (AvgIpc) is 2.71. The van der Waals surface area contributed by atoms with Crippen molar-refractivity contribution in [2.75, 3.05) is 13.2 Å². The van der Waals surface area contributed by atoms with Gasteiger partial charge in [-0.05, 0) is 18.9 Å². The first kappa shape index (κ1) is 31.0. The minimum atomic E-state index is -7.84. The predicted molar refractivity (Wildman–Crippen MR) is 93.1 cm³/mol. The highest BCUT2D eigenvalue weighted by Gasteiger charge is 2.90. The maximum atomic E-state index is 13.2. The van der Waals surface area contributed by atoms with Gasteiger partial charge in [0.1, 0.15) is 0 Å². The zero-order chi connectivity index (χ0) is 26.4. The van der Waals surface area contributed by atoms with Crippen LogP contribution in [0.1, 0.15) is 25.3 Å². The standard InChI is InChI=1S/C11H11F13O.C8H8/c1-2-25-5-3-4-6(12,13)7(14,15)8(16,17)9(18,19)10(20,21)11(22,23)24;1-2-8-6-4-3-5-7-8/h2-5H2,1H3;2-7H,1H2. The van der Waals surface area contributed by atoms with E-state index >= 15 is 0 Å². The number of alkyl halides is 13. The van der Waals surface area contributed by atoms with Gasteiger partial charge in [-0.3, -0.25) is 0 Å². The van der Waals surface area contributed by atoms with Gasteiger partial charge in [-0.2, -0.15) is 57.1 Å². The summed E-state index contributed by atoms with van der Waals surface area (Å²) in [5, 5.41) is 0. The molecule has 0 N–H and O–H groups in total. The van der Waals surface area contributed by atoms with Crippen molar-refractivity contribution in [3.63, 3.8) is 0 Å². The van der Waals surface area contributed by atoms with Crippen molar-refractivity contribution in [1.82, 2.24) is 0 Å². The summed E-state index contributed by atoms with van der Waals surface area (Å²) in [4.78, 5) is 0. The Morgan fingerprint density at radius 3 is 1.55 bits per heavy atom. The van der Waals surface area contributed by atoms with Gasteiger partial charge in [-0.15, -0.1) is 0 Å². The second kappa shape index (κ2) is 11.0. The molecule has 0 bridgehead atoms. The molecule has 1 aromatic rings. The molecule has 1 aromatic carbocycles. The zero-order valence-electron chi connectivity index (χ0n) is 16.8. The molecule has 0 saturated carbocycles. The summed E-state index contributed by atoms with van der Waals surface area (Å²) in [6, 6.07) is 10.0. The fourth-order valence-corrected chi connectivity index (χ4v) is 2.09. The molecule has 0 fully saturated rings. The first-order chi connectivity index (χ1) is 14.7. The first-order valence-electron chi connectivity index (χ1n) is 8.95. The quantitative estimate of drug-likeness (QED) is 0.230. The van der Waals surface area contributed by atoms with Crippen LogP contribution in [0.5, 0.6) is 0 Å². The maximum Gasteiger partial charge on any atom is 0.460 e. The molecule has 1 nitrogen and oxygen atoms in total. The molecule has 14 heteroatoms. The summed E-state index contributed by atoms with van der Waals surface area (Å²) in [5.41, 5.74) is 1.17. The molecule has 0 radical (unpaired) electrons. The van der Waals surface area contributed by atoms with Crippen LogP contribution >= 0.6 is 0 Å². The molecule has 33 heavy (non-hydrogen) atoms. The van der Waals surface area contributed by atoms with Crippen molar-refractivity contribution in [3.8, 4) is 0 Å². The summed E-state index contributed by atoms with van der Waals surface area (Å²) in [6.45, 7) is 4.17. The fraction of sp³-hybridized carbons (Fsp3) is 0.579. The minimum Gasteiger partial charge on any atom is -0.382 e. The second-order valence-electron chi connectivity index (χ2n) is 6.42. The van der Waals surface area contributed by atoms with Crippen molar-refractivity contribution in [2.24, 2.45) is 0 Å². The van der Waals surface area contributed by atoms with E-state index in [1.807, 2.05) is 36.4 Å².